The normalized spacial score (nSPS) is 10.1. The van der Waals surface area contributed by atoms with E-state index in [-0.39, 0.29) is 6.29 Å². The fourth-order valence-electron chi connectivity index (χ4n) is 1.28. The van der Waals surface area contributed by atoms with Gasteiger partial charge in [-0.1, -0.05) is 24.1 Å². The van der Waals surface area contributed by atoms with Crippen molar-refractivity contribution in [2.45, 2.75) is 12.7 Å². The van der Waals surface area contributed by atoms with Crippen molar-refractivity contribution in [1.82, 2.24) is 0 Å². The van der Waals surface area contributed by atoms with Crippen molar-refractivity contribution in [3.63, 3.8) is 0 Å². The molecule has 1 rings (SSSR count). The summed E-state index contributed by atoms with van der Waals surface area (Å²) in [4.78, 5) is 0. The van der Waals surface area contributed by atoms with E-state index in [2.05, 4.69) is 5.92 Å². The number of ether oxygens (including phenoxy) is 2. The molecule has 1 aromatic carbocycles. The lowest BCUT2D eigenvalue weighted by atomic mass is 10.1. The van der Waals surface area contributed by atoms with E-state index < -0.39 is 0 Å². The van der Waals surface area contributed by atoms with Crippen molar-refractivity contribution in [2.75, 3.05) is 14.2 Å². The average Bonchev–Trinajstić information content (AvgIpc) is 2.26. The first kappa shape index (κ1) is 10.8. The van der Waals surface area contributed by atoms with Crippen LogP contribution in [0.3, 0.4) is 0 Å². The van der Waals surface area contributed by atoms with E-state index in [0.29, 0.717) is 6.42 Å². The summed E-state index contributed by atoms with van der Waals surface area (Å²) >= 11 is 0. The standard InChI is InChI=1S/C12H14O2/c1-4-10-7-5-6-8-11(10)9-12(13-2)14-3/h1,5-8,12H,9H2,2-3H3. The van der Waals surface area contributed by atoms with Crippen molar-refractivity contribution < 1.29 is 9.47 Å². The summed E-state index contributed by atoms with van der Waals surface area (Å²) in [5, 5.41) is 0. The number of methoxy groups -OCH3 is 2. The molecule has 0 aliphatic carbocycles. The molecule has 0 amide bonds. The maximum absolute atomic E-state index is 5.38. The van der Waals surface area contributed by atoms with Gasteiger partial charge in [0.05, 0.1) is 0 Å². The van der Waals surface area contributed by atoms with Crippen LogP contribution in [0.5, 0.6) is 0 Å². The topological polar surface area (TPSA) is 18.5 Å². The fourth-order valence-corrected chi connectivity index (χ4v) is 1.28. The van der Waals surface area contributed by atoms with Gasteiger partial charge in [0.25, 0.3) is 0 Å². The molecule has 0 unspecified atom stereocenters. The molecule has 14 heavy (non-hydrogen) atoms. The Bertz CT molecular complexity index is 321. The lowest BCUT2D eigenvalue weighted by Crippen LogP contribution is -2.16. The van der Waals surface area contributed by atoms with Crippen molar-refractivity contribution in [2.24, 2.45) is 0 Å². The monoisotopic (exact) mass is 190 g/mol. The highest BCUT2D eigenvalue weighted by Gasteiger charge is 2.08. The molecular formula is C12H14O2. The quantitative estimate of drug-likeness (QED) is 0.532. The Morgan fingerprint density at radius 3 is 2.50 bits per heavy atom. The third-order valence-electron chi connectivity index (χ3n) is 2.09. The highest BCUT2D eigenvalue weighted by Crippen LogP contribution is 2.11. The van der Waals surface area contributed by atoms with Gasteiger partial charge in [-0.15, -0.1) is 6.42 Å². The van der Waals surface area contributed by atoms with Gasteiger partial charge in [-0.2, -0.15) is 0 Å². The molecule has 0 aliphatic rings. The minimum atomic E-state index is -0.232. The minimum absolute atomic E-state index is 0.232. The Kier molecular flexibility index (Phi) is 4.18. The highest BCUT2D eigenvalue weighted by molar-refractivity contribution is 5.39. The second-order valence-corrected chi connectivity index (χ2v) is 2.91. The van der Waals surface area contributed by atoms with Gasteiger partial charge in [-0.05, 0) is 11.6 Å². The molecule has 0 heterocycles. The summed E-state index contributed by atoms with van der Waals surface area (Å²) in [6, 6.07) is 7.78. The molecule has 74 valence electrons. The summed E-state index contributed by atoms with van der Waals surface area (Å²) in [6.07, 6.45) is 5.82. The summed E-state index contributed by atoms with van der Waals surface area (Å²) in [7, 11) is 3.24. The van der Waals surface area contributed by atoms with Gasteiger partial charge >= 0.3 is 0 Å². The molecule has 0 bridgehead atoms. The maximum Gasteiger partial charge on any atom is 0.160 e. The molecule has 0 saturated carbocycles. The summed E-state index contributed by atoms with van der Waals surface area (Å²) < 4.78 is 10.2. The predicted octanol–water partition coefficient (Wildman–Crippen LogP) is 1.83. The maximum atomic E-state index is 5.38. The van der Waals surface area contributed by atoms with E-state index in [1.54, 1.807) is 14.2 Å². The molecule has 0 saturated heterocycles. The summed E-state index contributed by atoms with van der Waals surface area (Å²) in [6.45, 7) is 0. The van der Waals surface area contributed by atoms with Crippen molar-refractivity contribution >= 4 is 0 Å². The molecule has 0 aliphatic heterocycles. The first-order valence-corrected chi connectivity index (χ1v) is 4.42. The van der Waals surface area contributed by atoms with Crippen LogP contribution in [0.15, 0.2) is 24.3 Å². The van der Waals surface area contributed by atoms with E-state index in [0.717, 1.165) is 11.1 Å². The number of benzene rings is 1. The zero-order valence-electron chi connectivity index (χ0n) is 8.49. The van der Waals surface area contributed by atoms with Gasteiger partial charge in [0.2, 0.25) is 0 Å². The molecule has 0 atom stereocenters. The van der Waals surface area contributed by atoms with E-state index in [1.807, 2.05) is 24.3 Å². The molecule has 0 spiro atoms. The molecule has 0 N–H and O–H groups in total. The number of hydrogen-bond acceptors (Lipinski definition) is 2. The molecular weight excluding hydrogens is 176 g/mol. The first-order valence-electron chi connectivity index (χ1n) is 4.42. The Labute approximate surface area is 84.8 Å². The molecule has 2 heteroatoms. The second-order valence-electron chi connectivity index (χ2n) is 2.91. The Morgan fingerprint density at radius 2 is 1.93 bits per heavy atom. The second kappa shape index (κ2) is 5.43. The first-order chi connectivity index (χ1) is 6.81. The number of rotatable bonds is 4. The van der Waals surface area contributed by atoms with E-state index in [1.165, 1.54) is 0 Å². The van der Waals surface area contributed by atoms with Crippen LogP contribution < -0.4 is 0 Å². The van der Waals surface area contributed by atoms with Gasteiger partial charge in [0.1, 0.15) is 0 Å². The van der Waals surface area contributed by atoms with Crippen LogP contribution in [0.4, 0.5) is 0 Å². The van der Waals surface area contributed by atoms with Gasteiger partial charge in [-0.3, -0.25) is 0 Å². The smallest absolute Gasteiger partial charge is 0.160 e. The highest BCUT2D eigenvalue weighted by atomic mass is 16.7. The van der Waals surface area contributed by atoms with Crippen LogP contribution >= 0.6 is 0 Å². The third-order valence-corrected chi connectivity index (χ3v) is 2.09. The van der Waals surface area contributed by atoms with Gasteiger partial charge in [0, 0.05) is 26.2 Å². The summed E-state index contributed by atoms with van der Waals surface area (Å²) in [5.41, 5.74) is 1.97. The van der Waals surface area contributed by atoms with Crippen LogP contribution in [0.1, 0.15) is 11.1 Å². The van der Waals surface area contributed by atoms with Gasteiger partial charge in [-0.25, -0.2) is 0 Å². The number of terminal acetylenes is 1. The minimum Gasteiger partial charge on any atom is -0.356 e. The molecule has 0 fully saturated rings. The SMILES string of the molecule is C#Cc1ccccc1CC(OC)OC. The molecule has 0 radical (unpaired) electrons. The summed E-state index contributed by atoms with van der Waals surface area (Å²) in [5.74, 6) is 2.64. The van der Waals surface area contributed by atoms with Crippen LogP contribution in [-0.2, 0) is 15.9 Å². The van der Waals surface area contributed by atoms with E-state index >= 15 is 0 Å². The third kappa shape index (κ3) is 2.59. The predicted molar refractivity (Wildman–Crippen MR) is 55.9 cm³/mol. The lowest BCUT2D eigenvalue weighted by Gasteiger charge is -2.14. The van der Waals surface area contributed by atoms with Crippen LogP contribution in [0, 0.1) is 12.3 Å². The van der Waals surface area contributed by atoms with Gasteiger partial charge in [0.15, 0.2) is 6.29 Å². The molecule has 1 aromatic rings. The Morgan fingerprint density at radius 1 is 1.29 bits per heavy atom. The zero-order chi connectivity index (χ0) is 10.4. The van der Waals surface area contributed by atoms with Crippen molar-refractivity contribution in [3.8, 4) is 12.3 Å². The lowest BCUT2D eigenvalue weighted by molar-refractivity contribution is -0.100. The number of hydrogen-bond donors (Lipinski definition) is 0. The largest absolute Gasteiger partial charge is 0.356 e. The Hall–Kier alpha value is -1.30. The average molecular weight is 190 g/mol. The molecule has 2 nitrogen and oxygen atoms in total. The van der Waals surface area contributed by atoms with Crippen LogP contribution in [0.25, 0.3) is 0 Å². The van der Waals surface area contributed by atoms with Crippen LogP contribution in [-0.4, -0.2) is 20.5 Å². The van der Waals surface area contributed by atoms with Crippen molar-refractivity contribution in [3.05, 3.63) is 35.4 Å². The molecule has 0 aromatic heterocycles. The van der Waals surface area contributed by atoms with Gasteiger partial charge < -0.3 is 9.47 Å². The van der Waals surface area contributed by atoms with E-state index in [4.69, 9.17) is 15.9 Å². The van der Waals surface area contributed by atoms with Crippen molar-refractivity contribution in [1.29, 1.82) is 0 Å². The van der Waals surface area contributed by atoms with Crippen LogP contribution in [0.2, 0.25) is 0 Å². The fraction of sp³-hybridized carbons (Fsp3) is 0.333. The van der Waals surface area contributed by atoms with E-state index in [9.17, 15) is 0 Å². The zero-order valence-corrected chi connectivity index (χ0v) is 8.49. The Balaban J connectivity index is 2.80.